The molecule has 2 rings (SSSR count). The highest BCUT2D eigenvalue weighted by molar-refractivity contribution is 5.82. The first kappa shape index (κ1) is 11.9. The zero-order valence-corrected chi connectivity index (χ0v) is 10.2. The van der Waals surface area contributed by atoms with E-state index in [0.717, 1.165) is 24.2 Å². The molecule has 0 saturated heterocycles. The highest BCUT2D eigenvalue weighted by Crippen LogP contribution is 2.45. The van der Waals surface area contributed by atoms with Crippen LogP contribution in [0.4, 0.5) is 0 Å². The Morgan fingerprint density at radius 2 is 2.00 bits per heavy atom. The molecule has 0 aliphatic heterocycles. The number of methoxy groups -OCH3 is 1. The van der Waals surface area contributed by atoms with E-state index in [1.54, 1.807) is 14.0 Å². The summed E-state index contributed by atoms with van der Waals surface area (Å²) in [5.41, 5.74) is 6.48. The van der Waals surface area contributed by atoms with Gasteiger partial charge >= 0.3 is 0 Å². The second-order valence-corrected chi connectivity index (χ2v) is 4.59. The predicted molar refractivity (Wildman–Crippen MR) is 65.7 cm³/mol. The van der Waals surface area contributed by atoms with E-state index in [9.17, 15) is 4.79 Å². The van der Waals surface area contributed by atoms with Crippen LogP contribution in [0.25, 0.3) is 0 Å². The topological polar surface area (TPSA) is 64.3 Å². The predicted octanol–water partition coefficient (Wildman–Crippen LogP) is 1.15. The molecule has 0 radical (unpaired) electrons. The lowest BCUT2D eigenvalue weighted by molar-refractivity contribution is -0.123. The number of nitrogens with one attached hydrogen (secondary N) is 1. The summed E-state index contributed by atoms with van der Waals surface area (Å²) in [5, 5.41) is 3.02. The summed E-state index contributed by atoms with van der Waals surface area (Å²) in [5.74, 6) is 0.724. The van der Waals surface area contributed by atoms with Crippen LogP contribution in [0.2, 0.25) is 0 Å². The highest BCUT2D eigenvalue weighted by Gasteiger charge is 2.45. The number of ether oxygens (including phenoxy) is 1. The van der Waals surface area contributed by atoms with Gasteiger partial charge < -0.3 is 15.8 Å². The minimum Gasteiger partial charge on any atom is -0.497 e. The smallest absolute Gasteiger partial charge is 0.237 e. The first-order valence-electron chi connectivity index (χ1n) is 5.79. The van der Waals surface area contributed by atoms with Crippen LogP contribution in [0.5, 0.6) is 5.75 Å². The molecule has 0 bridgehead atoms. The van der Waals surface area contributed by atoms with E-state index in [0.29, 0.717) is 0 Å². The third-order valence-corrected chi connectivity index (χ3v) is 3.17. The molecule has 0 unspecified atom stereocenters. The first-order valence-corrected chi connectivity index (χ1v) is 5.79. The number of amides is 1. The van der Waals surface area contributed by atoms with Gasteiger partial charge in [-0.2, -0.15) is 0 Å². The van der Waals surface area contributed by atoms with Crippen molar-refractivity contribution in [2.24, 2.45) is 5.73 Å². The number of benzene rings is 1. The zero-order valence-electron chi connectivity index (χ0n) is 10.2. The van der Waals surface area contributed by atoms with E-state index in [1.807, 2.05) is 24.3 Å². The minimum atomic E-state index is -0.467. The van der Waals surface area contributed by atoms with E-state index in [2.05, 4.69) is 5.32 Å². The molecule has 1 amide bonds. The van der Waals surface area contributed by atoms with Crippen molar-refractivity contribution in [1.29, 1.82) is 0 Å². The van der Waals surface area contributed by atoms with Crippen molar-refractivity contribution in [3.8, 4) is 5.75 Å². The fraction of sp³-hybridized carbons (Fsp3) is 0.462. The van der Waals surface area contributed by atoms with Crippen molar-refractivity contribution < 1.29 is 9.53 Å². The molecule has 1 aromatic carbocycles. The molecule has 1 aliphatic carbocycles. The largest absolute Gasteiger partial charge is 0.497 e. The minimum absolute atomic E-state index is 0.0988. The van der Waals surface area contributed by atoms with Gasteiger partial charge in [-0.3, -0.25) is 4.79 Å². The molecule has 4 heteroatoms. The Morgan fingerprint density at radius 3 is 2.41 bits per heavy atom. The maximum absolute atomic E-state index is 11.6. The summed E-state index contributed by atoms with van der Waals surface area (Å²) in [7, 11) is 1.64. The van der Waals surface area contributed by atoms with E-state index >= 15 is 0 Å². The van der Waals surface area contributed by atoms with E-state index in [-0.39, 0.29) is 11.4 Å². The van der Waals surface area contributed by atoms with Crippen molar-refractivity contribution >= 4 is 5.91 Å². The molecule has 1 atom stereocenters. The van der Waals surface area contributed by atoms with Gasteiger partial charge in [-0.05, 0) is 37.5 Å². The van der Waals surface area contributed by atoms with Crippen LogP contribution in [0, 0.1) is 0 Å². The Morgan fingerprint density at radius 1 is 1.41 bits per heavy atom. The average Bonchev–Trinajstić information content (AvgIpc) is 3.10. The van der Waals surface area contributed by atoms with Crippen molar-refractivity contribution in [2.75, 3.05) is 7.11 Å². The van der Waals surface area contributed by atoms with Crippen molar-refractivity contribution in [1.82, 2.24) is 5.32 Å². The van der Waals surface area contributed by atoms with Crippen molar-refractivity contribution in [3.63, 3.8) is 0 Å². The molecule has 17 heavy (non-hydrogen) atoms. The molecule has 1 fully saturated rings. The van der Waals surface area contributed by atoms with Crippen molar-refractivity contribution in [3.05, 3.63) is 29.8 Å². The molecule has 0 heterocycles. The third kappa shape index (κ3) is 2.42. The normalized spacial score (nSPS) is 18.3. The van der Waals surface area contributed by atoms with Crippen LogP contribution in [0.15, 0.2) is 24.3 Å². The molecule has 0 spiro atoms. The molecular formula is C13H18N2O2. The summed E-state index contributed by atoms with van der Waals surface area (Å²) < 4.78 is 5.11. The van der Waals surface area contributed by atoms with E-state index in [1.165, 1.54) is 0 Å². The third-order valence-electron chi connectivity index (χ3n) is 3.17. The lowest BCUT2D eigenvalue weighted by Gasteiger charge is -2.19. The number of carbonyl (C=O) groups excluding carboxylic acids is 1. The standard InChI is InChI=1S/C13H18N2O2/c1-9(14)12(16)15-13(7-8-13)10-3-5-11(17-2)6-4-10/h3-6,9H,7-8,14H2,1-2H3,(H,15,16)/t9-/m1/s1. The van der Waals surface area contributed by atoms with Gasteiger partial charge in [0.1, 0.15) is 5.75 Å². The van der Waals surface area contributed by atoms with Gasteiger partial charge in [0.25, 0.3) is 0 Å². The SMILES string of the molecule is COc1ccc(C2(NC(=O)[C@@H](C)N)CC2)cc1. The van der Waals surface area contributed by atoms with Gasteiger partial charge in [-0.1, -0.05) is 12.1 Å². The summed E-state index contributed by atoms with van der Waals surface area (Å²) in [6, 6.07) is 7.34. The van der Waals surface area contributed by atoms with Crippen LogP contribution in [0.3, 0.4) is 0 Å². The van der Waals surface area contributed by atoms with Gasteiger partial charge in [-0.15, -0.1) is 0 Å². The van der Waals surface area contributed by atoms with Crippen LogP contribution < -0.4 is 15.8 Å². The molecule has 1 saturated carbocycles. The summed E-state index contributed by atoms with van der Waals surface area (Å²) >= 11 is 0. The fourth-order valence-corrected chi connectivity index (χ4v) is 1.87. The molecule has 1 aromatic rings. The zero-order chi connectivity index (χ0) is 12.5. The number of hydrogen-bond donors (Lipinski definition) is 2. The Hall–Kier alpha value is -1.55. The Kier molecular flexibility index (Phi) is 3.07. The van der Waals surface area contributed by atoms with Crippen LogP contribution in [-0.4, -0.2) is 19.1 Å². The monoisotopic (exact) mass is 234 g/mol. The molecule has 92 valence electrons. The fourth-order valence-electron chi connectivity index (χ4n) is 1.87. The average molecular weight is 234 g/mol. The maximum Gasteiger partial charge on any atom is 0.237 e. The van der Waals surface area contributed by atoms with E-state index in [4.69, 9.17) is 10.5 Å². The molecular weight excluding hydrogens is 216 g/mol. The van der Waals surface area contributed by atoms with Crippen molar-refractivity contribution in [2.45, 2.75) is 31.3 Å². The lowest BCUT2D eigenvalue weighted by Crippen LogP contribution is -2.44. The summed E-state index contributed by atoms with van der Waals surface area (Å²) in [6.45, 7) is 1.69. The van der Waals surface area contributed by atoms with Gasteiger partial charge in [0, 0.05) is 0 Å². The van der Waals surface area contributed by atoms with Gasteiger partial charge in [-0.25, -0.2) is 0 Å². The van der Waals surface area contributed by atoms with Crippen LogP contribution >= 0.6 is 0 Å². The quantitative estimate of drug-likeness (QED) is 0.821. The highest BCUT2D eigenvalue weighted by atomic mass is 16.5. The summed E-state index contributed by atoms with van der Waals surface area (Å²) in [6.07, 6.45) is 1.94. The Labute approximate surface area is 101 Å². The lowest BCUT2D eigenvalue weighted by atomic mass is 10.0. The van der Waals surface area contributed by atoms with Gasteiger partial charge in [0.2, 0.25) is 5.91 Å². The number of carbonyl (C=O) groups is 1. The second-order valence-electron chi connectivity index (χ2n) is 4.59. The van der Waals surface area contributed by atoms with Gasteiger partial charge in [0.15, 0.2) is 0 Å². The molecule has 3 N–H and O–H groups in total. The Balaban J connectivity index is 2.12. The van der Waals surface area contributed by atoms with Crippen LogP contribution in [0.1, 0.15) is 25.3 Å². The van der Waals surface area contributed by atoms with E-state index < -0.39 is 6.04 Å². The number of nitrogens with two attached hydrogens (primary N) is 1. The maximum atomic E-state index is 11.6. The first-order chi connectivity index (χ1) is 8.07. The van der Waals surface area contributed by atoms with Crippen LogP contribution in [-0.2, 0) is 10.3 Å². The Bertz CT molecular complexity index is 408. The number of rotatable bonds is 4. The number of hydrogen-bond acceptors (Lipinski definition) is 3. The second kappa shape index (κ2) is 4.37. The molecule has 4 nitrogen and oxygen atoms in total. The molecule has 0 aromatic heterocycles. The van der Waals surface area contributed by atoms with Gasteiger partial charge in [0.05, 0.1) is 18.7 Å². The summed E-state index contributed by atoms with van der Waals surface area (Å²) in [4.78, 5) is 11.6. The molecule has 1 aliphatic rings.